The number of hydrogen-bond donors (Lipinski definition) is 2. The number of benzene rings is 1. The Kier molecular flexibility index (Phi) is 4.46. The molecule has 9 heteroatoms. The minimum Gasteiger partial charge on any atom is -0.348 e. The number of imidazole rings is 1. The zero-order chi connectivity index (χ0) is 18.4. The molecule has 0 bridgehead atoms. The van der Waals surface area contributed by atoms with Crippen LogP contribution in [0.25, 0.3) is 11.0 Å². The van der Waals surface area contributed by atoms with E-state index in [0.717, 1.165) is 0 Å². The zero-order valence-electron chi connectivity index (χ0n) is 14.4. The SMILES string of the molecule is CC(C)n1c(=O)[nH]c2ccc(C(=O)NC3CCN(S(C)(=O)=O)C3)cc21. The van der Waals surface area contributed by atoms with Crippen molar-refractivity contribution < 1.29 is 13.2 Å². The van der Waals surface area contributed by atoms with Crippen LogP contribution in [-0.4, -0.2) is 53.6 Å². The Labute approximate surface area is 145 Å². The van der Waals surface area contributed by atoms with Crippen molar-refractivity contribution in [2.45, 2.75) is 32.4 Å². The summed E-state index contributed by atoms with van der Waals surface area (Å²) in [5, 5.41) is 2.87. The molecule has 2 heterocycles. The van der Waals surface area contributed by atoms with Crippen molar-refractivity contribution >= 4 is 27.0 Å². The van der Waals surface area contributed by atoms with Gasteiger partial charge in [0.05, 0.1) is 17.3 Å². The summed E-state index contributed by atoms with van der Waals surface area (Å²) in [5.41, 5.74) is 1.59. The van der Waals surface area contributed by atoms with Gasteiger partial charge in [-0.25, -0.2) is 17.5 Å². The fraction of sp³-hybridized carbons (Fsp3) is 0.500. The second kappa shape index (κ2) is 6.30. The number of carbonyl (C=O) groups is 1. The van der Waals surface area contributed by atoms with Crippen LogP contribution in [0.4, 0.5) is 0 Å². The first kappa shape index (κ1) is 17.7. The molecule has 1 aliphatic rings. The Hall–Kier alpha value is -2.13. The first-order valence-electron chi connectivity index (χ1n) is 8.17. The lowest BCUT2D eigenvalue weighted by Crippen LogP contribution is -2.38. The highest BCUT2D eigenvalue weighted by atomic mass is 32.2. The van der Waals surface area contributed by atoms with Crippen LogP contribution in [-0.2, 0) is 10.0 Å². The van der Waals surface area contributed by atoms with Gasteiger partial charge in [0.1, 0.15) is 0 Å². The van der Waals surface area contributed by atoms with E-state index in [1.165, 1.54) is 10.6 Å². The molecule has 1 aromatic carbocycles. The molecule has 136 valence electrons. The maximum atomic E-state index is 12.5. The summed E-state index contributed by atoms with van der Waals surface area (Å²) >= 11 is 0. The molecule has 25 heavy (non-hydrogen) atoms. The third kappa shape index (κ3) is 3.47. The second-order valence-electron chi connectivity index (χ2n) is 6.71. The van der Waals surface area contributed by atoms with E-state index in [1.54, 1.807) is 22.8 Å². The fourth-order valence-electron chi connectivity index (χ4n) is 3.19. The highest BCUT2D eigenvalue weighted by molar-refractivity contribution is 7.88. The summed E-state index contributed by atoms with van der Waals surface area (Å²) in [7, 11) is -3.24. The zero-order valence-corrected chi connectivity index (χ0v) is 15.3. The predicted octanol–water partition coefficient (Wildman–Crippen LogP) is 0.674. The van der Waals surface area contributed by atoms with Gasteiger partial charge in [-0.2, -0.15) is 0 Å². The Balaban J connectivity index is 1.81. The molecule has 0 aliphatic carbocycles. The van der Waals surface area contributed by atoms with Gasteiger partial charge in [-0.15, -0.1) is 0 Å². The average molecular weight is 366 g/mol. The molecule has 2 aromatic rings. The van der Waals surface area contributed by atoms with E-state index in [0.29, 0.717) is 29.6 Å². The topological polar surface area (TPSA) is 104 Å². The summed E-state index contributed by atoms with van der Waals surface area (Å²) < 4.78 is 26.1. The van der Waals surface area contributed by atoms with Gasteiger partial charge in [0, 0.05) is 30.7 Å². The number of rotatable bonds is 4. The van der Waals surface area contributed by atoms with Gasteiger partial charge >= 0.3 is 5.69 Å². The molecule has 1 saturated heterocycles. The van der Waals surface area contributed by atoms with E-state index in [9.17, 15) is 18.0 Å². The van der Waals surface area contributed by atoms with Crippen molar-refractivity contribution in [2.24, 2.45) is 0 Å². The van der Waals surface area contributed by atoms with Gasteiger partial charge in [0.25, 0.3) is 5.91 Å². The Bertz CT molecular complexity index is 974. The predicted molar refractivity (Wildman–Crippen MR) is 95.2 cm³/mol. The smallest absolute Gasteiger partial charge is 0.326 e. The Morgan fingerprint density at radius 2 is 2.08 bits per heavy atom. The second-order valence-corrected chi connectivity index (χ2v) is 8.69. The molecular weight excluding hydrogens is 344 g/mol. The molecular formula is C16H22N4O4S. The van der Waals surface area contributed by atoms with Crippen LogP contribution in [0.15, 0.2) is 23.0 Å². The maximum absolute atomic E-state index is 12.5. The van der Waals surface area contributed by atoms with E-state index in [4.69, 9.17) is 0 Å². The Morgan fingerprint density at radius 3 is 2.68 bits per heavy atom. The van der Waals surface area contributed by atoms with E-state index in [-0.39, 0.29) is 30.2 Å². The van der Waals surface area contributed by atoms with Gasteiger partial charge in [-0.05, 0) is 38.5 Å². The summed E-state index contributed by atoms with van der Waals surface area (Å²) in [6.07, 6.45) is 1.75. The number of hydrogen-bond acceptors (Lipinski definition) is 4. The van der Waals surface area contributed by atoms with E-state index < -0.39 is 10.0 Å². The minimum absolute atomic E-state index is 0.0299. The van der Waals surface area contributed by atoms with Crippen molar-refractivity contribution in [1.29, 1.82) is 0 Å². The number of fused-ring (bicyclic) bond motifs is 1. The van der Waals surface area contributed by atoms with Crippen molar-refractivity contribution in [2.75, 3.05) is 19.3 Å². The number of carbonyl (C=O) groups excluding carboxylic acids is 1. The molecule has 0 radical (unpaired) electrons. The maximum Gasteiger partial charge on any atom is 0.326 e. The van der Waals surface area contributed by atoms with Crippen LogP contribution in [0, 0.1) is 0 Å². The van der Waals surface area contributed by atoms with Gasteiger partial charge < -0.3 is 10.3 Å². The van der Waals surface area contributed by atoms with Crippen molar-refractivity contribution in [1.82, 2.24) is 19.2 Å². The van der Waals surface area contributed by atoms with Gasteiger partial charge in [-0.3, -0.25) is 9.36 Å². The largest absolute Gasteiger partial charge is 0.348 e. The van der Waals surface area contributed by atoms with Crippen LogP contribution in [0.2, 0.25) is 0 Å². The third-order valence-electron chi connectivity index (χ3n) is 4.45. The molecule has 3 rings (SSSR count). The number of nitrogens with zero attached hydrogens (tertiary/aromatic N) is 2. The monoisotopic (exact) mass is 366 g/mol. The lowest BCUT2D eigenvalue weighted by atomic mass is 10.1. The minimum atomic E-state index is -3.24. The van der Waals surface area contributed by atoms with Crippen molar-refractivity contribution in [3.8, 4) is 0 Å². The van der Waals surface area contributed by atoms with E-state index in [1.807, 2.05) is 13.8 Å². The molecule has 1 atom stereocenters. The normalized spacial score (nSPS) is 19.0. The standard InChI is InChI=1S/C16H22N4O4S/c1-10(2)20-14-8-11(4-5-13(14)18-16(20)22)15(21)17-12-6-7-19(9-12)25(3,23)24/h4-5,8,10,12H,6-7,9H2,1-3H3,(H,17,21)(H,18,22). The quantitative estimate of drug-likeness (QED) is 0.830. The lowest BCUT2D eigenvalue weighted by molar-refractivity contribution is 0.0939. The fourth-order valence-corrected chi connectivity index (χ4v) is 4.08. The van der Waals surface area contributed by atoms with Gasteiger partial charge in [0.2, 0.25) is 10.0 Å². The molecule has 0 saturated carbocycles. The van der Waals surface area contributed by atoms with Crippen LogP contribution < -0.4 is 11.0 Å². The molecule has 8 nitrogen and oxygen atoms in total. The molecule has 1 amide bonds. The molecule has 2 N–H and O–H groups in total. The highest BCUT2D eigenvalue weighted by Gasteiger charge is 2.29. The third-order valence-corrected chi connectivity index (χ3v) is 5.72. The lowest BCUT2D eigenvalue weighted by Gasteiger charge is -2.15. The number of aromatic amines is 1. The highest BCUT2D eigenvalue weighted by Crippen LogP contribution is 2.18. The molecule has 1 aliphatic heterocycles. The molecule has 0 spiro atoms. The summed E-state index contributed by atoms with van der Waals surface area (Å²) in [6, 6.07) is 4.81. The van der Waals surface area contributed by atoms with Crippen LogP contribution in [0.3, 0.4) is 0 Å². The van der Waals surface area contributed by atoms with Crippen molar-refractivity contribution in [3.05, 3.63) is 34.2 Å². The number of H-pyrrole nitrogens is 1. The number of nitrogens with one attached hydrogen (secondary N) is 2. The van der Waals surface area contributed by atoms with Crippen LogP contribution in [0.1, 0.15) is 36.7 Å². The first-order valence-corrected chi connectivity index (χ1v) is 10.0. The summed E-state index contributed by atoms with van der Waals surface area (Å²) in [4.78, 5) is 27.3. The van der Waals surface area contributed by atoms with Crippen LogP contribution in [0.5, 0.6) is 0 Å². The van der Waals surface area contributed by atoms with E-state index in [2.05, 4.69) is 10.3 Å². The summed E-state index contributed by atoms with van der Waals surface area (Å²) in [6.45, 7) is 4.50. The Morgan fingerprint density at radius 1 is 1.36 bits per heavy atom. The average Bonchev–Trinajstić information content (AvgIpc) is 3.09. The van der Waals surface area contributed by atoms with Crippen molar-refractivity contribution in [3.63, 3.8) is 0 Å². The van der Waals surface area contributed by atoms with Gasteiger partial charge in [-0.1, -0.05) is 0 Å². The molecule has 1 unspecified atom stereocenters. The van der Waals surface area contributed by atoms with Crippen LogP contribution >= 0.6 is 0 Å². The number of aromatic nitrogens is 2. The molecule has 1 aromatic heterocycles. The summed E-state index contributed by atoms with van der Waals surface area (Å²) in [5.74, 6) is -0.272. The number of sulfonamides is 1. The number of amides is 1. The first-order chi connectivity index (χ1) is 11.7. The molecule has 1 fully saturated rings. The van der Waals surface area contributed by atoms with Gasteiger partial charge in [0.15, 0.2) is 0 Å². The van der Waals surface area contributed by atoms with E-state index >= 15 is 0 Å².